The van der Waals surface area contributed by atoms with E-state index in [4.69, 9.17) is 4.74 Å². The van der Waals surface area contributed by atoms with E-state index in [9.17, 15) is 5.11 Å². The van der Waals surface area contributed by atoms with Crippen molar-refractivity contribution < 1.29 is 9.84 Å². The van der Waals surface area contributed by atoms with Crippen LogP contribution in [0.2, 0.25) is 0 Å². The number of nitrogens with one attached hydrogen (secondary N) is 1. The minimum absolute atomic E-state index is 0.550. The molecule has 0 radical (unpaired) electrons. The largest absolute Gasteiger partial charge is 0.365 e. The third-order valence-corrected chi connectivity index (χ3v) is 3.53. The molecule has 3 heteroatoms. The van der Waals surface area contributed by atoms with E-state index in [0.29, 0.717) is 19.4 Å². The highest BCUT2D eigenvalue weighted by Crippen LogP contribution is 2.34. The highest BCUT2D eigenvalue weighted by Gasteiger charge is 2.34. The highest BCUT2D eigenvalue weighted by molar-refractivity contribution is 5.85. The van der Waals surface area contributed by atoms with Gasteiger partial charge in [-0.25, -0.2) is 0 Å². The number of para-hydroxylation sites is 1. The van der Waals surface area contributed by atoms with Crippen LogP contribution < -0.4 is 0 Å². The summed E-state index contributed by atoms with van der Waals surface area (Å²) in [7, 11) is 0. The molecule has 17 heavy (non-hydrogen) atoms. The molecule has 1 aliphatic carbocycles. The molecule has 0 saturated heterocycles. The van der Waals surface area contributed by atoms with Gasteiger partial charge in [-0.1, -0.05) is 18.2 Å². The molecule has 1 aromatic heterocycles. The van der Waals surface area contributed by atoms with Crippen LogP contribution in [-0.4, -0.2) is 22.5 Å². The van der Waals surface area contributed by atoms with Crippen LogP contribution >= 0.6 is 0 Å². The van der Waals surface area contributed by atoms with Gasteiger partial charge in [-0.3, -0.25) is 0 Å². The molecule has 0 bridgehead atoms. The zero-order chi connectivity index (χ0) is 11.9. The summed E-state index contributed by atoms with van der Waals surface area (Å²) in [5.74, 6) is -0.979. The van der Waals surface area contributed by atoms with E-state index in [0.717, 1.165) is 11.9 Å². The number of hydrogen-bond acceptors (Lipinski definition) is 2. The Morgan fingerprint density at radius 3 is 3.06 bits per heavy atom. The number of aromatic nitrogens is 1. The number of aromatic amines is 1. The van der Waals surface area contributed by atoms with Gasteiger partial charge in [0.25, 0.3) is 0 Å². The summed E-state index contributed by atoms with van der Waals surface area (Å²) < 4.78 is 5.49. The molecule has 1 aliphatic rings. The van der Waals surface area contributed by atoms with Crippen LogP contribution in [0.1, 0.15) is 24.6 Å². The lowest BCUT2D eigenvalue weighted by Gasteiger charge is -2.31. The Morgan fingerprint density at radius 1 is 1.41 bits per heavy atom. The topological polar surface area (TPSA) is 45.2 Å². The average Bonchev–Trinajstić information content (AvgIpc) is 2.67. The van der Waals surface area contributed by atoms with Crippen molar-refractivity contribution in [2.24, 2.45) is 0 Å². The van der Waals surface area contributed by atoms with Gasteiger partial charge >= 0.3 is 0 Å². The molecule has 1 atom stereocenters. The van der Waals surface area contributed by atoms with Gasteiger partial charge in [-0.2, -0.15) is 0 Å². The first-order chi connectivity index (χ1) is 8.22. The molecule has 2 N–H and O–H groups in total. The average molecular weight is 231 g/mol. The maximum atomic E-state index is 10.4. The standard InChI is InChI=1S/C14H17NO2/c1-2-17-14(16)8-7-13-11(9-14)10-5-3-4-6-12(10)15-13/h3-6,15-16H,2,7-9H2,1H3. The minimum atomic E-state index is -0.979. The Hall–Kier alpha value is -1.32. The smallest absolute Gasteiger partial charge is 0.169 e. The van der Waals surface area contributed by atoms with Crippen molar-refractivity contribution in [1.29, 1.82) is 0 Å². The summed E-state index contributed by atoms with van der Waals surface area (Å²) in [5, 5.41) is 11.6. The Morgan fingerprint density at radius 2 is 2.24 bits per heavy atom. The van der Waals surface area contributed by atoms with E-state index in [1.807, 2.05) is 19.1 Å². The van der Waals surface area contributed by atoms with Gasteiger partial charge in [0, 0.05) is 36.0 Å². The number of hydrogen-bond donors (Lipinski definition) is 2. The number of H-pyrrole nitrogens is 1. The van der Waals surface area contributed by atoms with Crippen molar-refractivity contribution in [3.63, 3.8) is 0 Å². The molecule has 0 amide bonds. The van der Waals surface area contributed by atoms with Crippen LogP contribution in [0.5, 0.6) is 0 Å². The van der Waals surface area contributed by atoms with Crippen molar-refractivity contribution in [1.82, 2.24) is 4.98 Å². The summed E-state index contributed by atoms with van der Waals surface area (Å²) in [6, 6.07) is 8.24. The quantitative estimate of drug-likeness (QED) is 0.779. The van der Waals surface area contributed by atoms with Crippen molar-refractivity contribution in [2.75, 3.05) is 6.61 Å². The molecule has 90 valence electrons. The van der Waals surface area contributed by atoms with Gasteiger partial charge in [0.2, 0.25) is 0 Å². The predicted molar refractivity (Wildman–Crippen MR) is 66.9 cm³/mol. The first kappa shape index (κ1) is 10.8. The Balaban J connectivity index is 2.06. The molecule has 0 saturated carbocycles. The Labute approximate surface area is 100 Å². The lowest BCUT2D eigenvalue weighted by atomic mass is 9.90. The number of rotatable bonds is 2. The van der Waals surface area contributed by atoms with Crippen LogP contribution in [0.4, 0.5) is 0 Å². The van der Waals surface area contributed by atoms with E-state index in [-0.39, 0.29) is 0 Å². The molecule has 1 heterocycles. The highest BCUT2D eigenvalue weighted by atomic mass is 16.6. The van der Waals surface area contributed by atoms with Crippen molar-refractivity contribution in [2.45, 2.75) is 32.0 Å². The van der Waals surface area contributed by atoms with Crippen LogP contribution in [0.15, 0.2) is 24.3 Å². The maximum absolute atomic E-state index is 10.4. The summed E-state index contributed by atoms with van der Waals surface area (Å²) in [5.41, 5.74) is 3.61. The maximum Gasteiger partial charge on any atom is 0.169 e. The molecule has 1 unspecified atom stereocenters. The first-order valence-corrected chi connectivity index (χ1v) is 6.17. The fourth-order valence-corrected chi connectivity index (χ4v) is 2.75. The second-order valence-corrected chi connectivity index (χ2v) is 4.68. The second-order valence-electron chi connectivity index (χ2n) is 4.68. The lowest BCUT2D eigenvalue weighted by molar-refractivity contribution is -0.206. The fraction of sp³-hybridized carbons (Fsp3) is 0.429. The predicted octanol–water partition coefficient (Wildman–Crippen LogP) is 2.38. The van der Waals surface area contributed by atoms with Gasteiger partial charge in [0.1, 0.15) is 0 Å². The van der Waals surface area contributed by atoms with Gasteiger partial charge in [-0.15, -0.1) is 0 Å². The monoisotopic (exact) mass is 231 g/mol. The second kappa shape index (κ2) is 3.86. The Bertz CT molecular complexity index is 546. The van der Waals surface area contributed by atoms with Crippen molar-refractivity contribution in [3.05, 3.63) is 35.5 Å². The molecular formula is C14H17NO2. The molecule has 3 rings (SSSR count). The van der Waals surface area contributed by atoms with Crippen LogP contribution in [-0.2, 0) is 17.6 Å². The SMILES string of the molecule is CCOC1(O)CCc2[nH]c3ccccc3c2C1. The molecular weight excluding hydrogens is 214 g/mol. The van der Waals surface area contributed by atoms with E-state index >= 15 is 0 Å². The van der Waals surface area contributed by atoms with E-state index in [2.05, 4.69) is 17.1 Å². The van der Waals surface area contributed by atoms with Gasteiger partial charge in [0.05, 0.1) is 0 Å². The van der Waals surface area contributed by atoms with E-state index in [1.165, 1.54) is 16.6 Å². The Kier molecular flexibility index (Phi) is 2.45. The molecule has 0 aliphatic heterocycles. The first-order valence-electron chi connectivity index (χ1n) is 6.17. The number of aryl methyl sites for hydroxylation is 1. The van der Waals surface area contributed by atoms with Crippen LogP contribution in [0.3, 0.4) is 0 Å². The zero-order valence-corrected chi connectivity index (χ0v) is 9.99. The third kappa shape index (κ3) is 1.75. The van der Waals surface area contributed by atoms with Crippen LogP contribution in [0.25, 0.3) is 10.9 Å². The molecule has 0 spiro atoms. The zero-order valence-electron chi connectivity index (χ0n) is 9.99. The van der Waals surface area contributed by atoms with Gasteiger partial charge < -0.3 is 14.8 Å². The molecule has 1 aromatic carbocycles. The number of aliphatic hydroxyl groups is 1. The summed E-state index contributed by atoms with van der Waals surface area (Å²) >= 11 is 0. The molecule has 3 nitrogen and oxygen atoms in total. The van der Waals surface area contributed by atoms with E-state index < -0.39 is 5.79 Å². The minimum Gasteiger partial charge on any atom is -0.365 e. The summed E-state index contributed by atoms with van der Waals surface area (Å²) in [6.07, 6.45) is 2.10. The number of fused-ring (bicyclic) bond motifs is 3. The molecule has 2 aromatic rings. The fourth-order valence-electron chi connectivity index (χ4n) is 2.75. The number of benzene rings is 1. The van der Waals surface area contributed by atoms with Gasteiger partial charge in [-0.05, 0) is 25.0 Å². The van der Waals surface area contributed by atoms with Crippen LogP contribution in [0, 0.1) is 0 Å². The normalized spacial score (nSPS) is 23.9. The van der Waals surface area contributed by atoms with E-state index in [1.54, 1.807) is 0 Å². The van der Waals surface area contributed by atoms with Crippen molar-refractivity contribution in [3.8, 4) is 0 Å². The third-order valence-electron chi connectivity index (χ3n) is 3.53. The summed E-state index contributed by atoms with van der Waals surface area (Å²) in [4.78, 5) is 3.43. The number of ether oxygens (including phenoxy) is 1. The summed E-state index contributed by atoms with van der Waals surface area (Å²) in [6.45, 7) is 2.47. The van der Waals surface area contributed by atoms with Gasteiger partial charge in [0.15, 0.2) is 5.79 Å². The lowest BCUT2D eigenvalue weighted by Crippen LogP contribution is -2.38. The molecule has 0 fully saturated rings. The van der Waals surface area contributed by atoms with Crippen molar-refractivity contribution >= 4 is 10.9 Å².